The van der Waals surface area contributed by atoms with Crippen LogP contribution in [0.1, 0.15) is 33.6 Å². The van der Waals surface area contributed by atoms with Crippen molar-refractivity contribution in [1.82, 2.24) is 15.1 Å². The Labute approximate surface area is 112 Å². The van der Waals surface area contributed by atoms with E-state index in [9.17, 15) is 4.79 Å². The average Bonchev–Trinajstić information content (AvgIpc) is 2.37. The lowest BCUT2D eigenvalue weighted by atomic mass is 9.89. The number of carbonyl (C=O) groups excluding carboxylic acids is 1. The molecule has 1 heterocycles. The topological polar surface area (TPSA) is 35.6 Å². The molecule has 1 fully saturated rings. The summed E-state index contributed by atoms with van der Waals surface area (Å²) >= 11 is 0. The molecule has 1 N–H and O–H groups in total. The number of likely N-dealkylation sites (N-methyl/N-ethyl adjacent to an activating group) is 1. The van der Waals surface area contributed by atoms with Gasteiger partial charge in [0.05, 0.1) is 6.04 Å². The Morgan fingerprint density at radius 2 is 2.11 bits per heavy atom. The third kappa shape index (κ3) is 3.69. The lowest BCUT2D eigenvalue weighted by molar-refractivity contribution is -0.134. The van der Waals surface area contributed by atoms with E-state index in [0.717, 1.165) is 26.1 Å². The van der Waals surface area contributed by atoms with E-state index in [1.54, 1.807) is 4.90 Å². The van der Waals surface area contributed by atoms with Crippen molar-refractivity contribution in [2.24, 2.45) is 5.92 Å². The number of nitrogens with one attached hydrogen (secondary N) is 1. The predicted molar refractivity (Wildman–Crippen MR) is 75.6 cm³/mol. The van der Waals surface area contributed by atoms with Crippen molar-refractivity contribution in [3.05, 3.63) is 0 Å². The summed E-state index contributed by atoms with van der Waals surface area (Å²) in [6, 6.07) is 0.634. The minimum Gasteiger partial charge on any atom is -0.347 e. The molecule has 1 rings (SSSR count). The summed E-state index contributed by atoms with van der Waals surface area (Å²) in [5, 5.41) is 3.57. The van der Waals surface area contributed by atoms with Crippen LogP contribution in [0, 0.1) is 5.92 Å². The Morgan fingerprint density at radius 3 is 2.61 bits per heavy atom. The molecule has 106 valence electrons. The Hall–Kier alpha value is -0.610. The molecule has 0 spiro atoms. The second kappa shape index (κ2) is 7.10. The quantitative estimate of drug-likeness (QED) is 0.801. The second-order valence-corrected chi connectivity index (χ2v) is 5.52. The Balaban J connectivity index is 2.59. The van der Waals surface area contributed by atoms with Crippen molar-refractivity contribution in [3.63, 3.8) is 0 Å². The molecule has 1 amide bonds. The SMILES string of the molecule is CCNC1CCN(C(C)C(=O)N(C)C)CC1CC. The smallest absolute Gasteiger partial charge is 0.239 e. The maximum absolute atomic E-state index is 12.0. The lowest BCUT2D eigenvalue weighted by Crippen LogP contribution is -2.54. The first-order valence-corrected chi connectivity index (χ1v) is 7.19. The maximum Gasteiger partial charge on any atom is 0.239 e. The summed E-state index contributed by atoms with van der Waals surface area (Å²) in [5.41, 5.74) is 0. The maximum atomic E-state index is 12.0. The molecular formula is C14H29N3O. The normalized spacial score (nSPS) is 26.9. The first-order valence-electron chi connectivity index (χ1n) is 7.19. The molecule has 3 atom stereocenters. The molecule has 0 saturated carbocycles. The summed E-state index contributed by atoms with van der Waals surface area (Å²) in [6.45, 7) is 9.54. The van der Waals surface area contributed by atoms with Crippen LogP contribution < -0.4 is 5.32 Å². The summed E-state index contributed by atoms with van der Waals surface area (Å²) in [6.07, 6.45) is 2.33. The molecule has 1 aliphatic heterocycles. The van der Waals surface area contributed by atoms with Crippen LogP contribution in [0.2, 0.25) is 0 Å². The number of carbonyl (C=O) groups is 1. The predicted octanol–water partition coefficient (Wildman–Crippen LogP) is 1.17. The van der Waals surface area contributed by atoms with Gasteiger partial charge < -0.3 is 10.2 Å². The van der Waals surface area contributed by atoms with Crippen LogP contribution in [0.15, 0.2) is 0 Å². The van der Waals surface area contributed by atoms with Crippen LogP contribution in [0.25, 0.3) is 0 Å². The lowest BCUT2D eigenvalue weighted by Gasteiger charge is -2.41. The fourth-order valence-corrected chi connectivity index (χ4v) is 2.89. The molecular weight excluding hydrogens is 226 g/mol. The molecule has 0 bridgehead atoms. The van der Waals surface area contributed by atoms with Crippen molar-refractivity contribution in [2.45, 2.75) is 45.7 Å². The minimum absolute atomic E-state index is 0.0108. The first-order chi connectivity index (χ1) is 8.51. The zero-order chi connectivity index (χ0) is 13.7. The third-order valence-electron chi connectivity index (χ3n) is 4.10. The fraction of sp³-hybridized carbons (Fsp3) is 0.929. The number of amides is 1. The van der Waals surface area contributed by atoms with Gasteiger partial charge in [0.15, 0.2) is 0 Å². The standard InChI is InChI=1S/C14H29N3O/c1-6-12-10-17(9-8-13(12)15-7-2)11(3)14(18)16(4)5/h11-13,15H,6-10H2,1-5H3. The molecule has 3 unspecified atom stereocenters. The van der Waals surface area contributed by atoms with Gasteiger partial charge in [-0.15, -0.1) is 0 Å². The molecule has 0 aromatic carbocycles. The summed E-state index contributed by atoms with van der Waals surface area (Å²) in [5.74, 6) is 0.878. The van der Waals surface area contributed by atoms with Gasteiger partial charge in [0.1, 0.15) is 0 Å². The van der Waals surface area contributed by atoms with Crippen LogP contribution >= 0.6 is 0 Å². The number of rotatable bonds is 5. The van der Waals surface area contributed by atoms with Crippen LogP contribution in [0.5, 0.6) is 0 Å². The van der Waals surface area contributed by atoms with Gasteiger partial charge in [-0.3, -0.25) is 9.69 Å². The van der Waals surface area contributed by atoms with Crippen LogP contribution in [-0.2, 0) is 4.79 Å². The van der Waals surface area contributed by atoms with E-state index >= 15 is 0 Å². The Bertz CT molecular complexity index is 268. The van der Waals surface area contributed by atoms with Gasteiger partial charge in [0.2, 0.25) is 5.91 Å². The summed E-state index contributed by atoms with van der Waals surface area (Å²) in [7, 11) is 3.67. The largest absolute Gasteiger partial charge is 0.347 e. The molecule has 0 aromatic rings. The molecule has 1 aliphatic rings. The van der Waals surface area contributed by atoms with E-state index in [1.165, 1.54) is 6.42 Å². The van der Waals surface area contributed by atoms with Crippen molar-refractivity contribution in [1.29, 1.82) is 0 Å². The number of likely N-dealkylation sites (tertiary alicyclic amines) is 1. The molecule has 0 radical (unpaired) electrons. The molecule has 1 saturated heterocycles. The average molecular weight is 255 g/mol. The van der Waals surface area contributed by atoms with Gasteiger partial charge in [-0.25, -0.2) is 0 Å². The highest BCUT2D eigenvalue weighted by atomic mass is 16.2. The Morgan fingerprint density at radius 1 is 1.44 bits per heavy atom. The van der Waals surface area contributed by atoms with Crippen molar-refractivity contribution in [2.75, 3.05) is 33.7 Å². The van der Waals surface area contributed by atoms with Gasteiger partial charge in [-0.1, -0.05) is 20.3 Å². The fourth-order valence-electron chi connectivity index (χ4n) is 2.89. The van der Waals surface area contributed by atoms with Crippen LogP contribution in [-0.4, -0.2) is 61.5 Å². The van der Waals surface area contributed by atoms with E-state index in [0.29, 0.717) is 12.0 Å². The van der Waals surface area contributed by atoms with Gasteiger partial charge in [0.25, 0.3) is 0 Å². The monoisotopic (exact) mass is 255 g/mol. The molecule has 18 heavy (non-hydrogen) atoms. The zero-order valence-electron chi connectivity index (χ0n) is 12.6. The molecule has 4 nitrogen and oxygen atoms in total. The van der Waals surface area contributed by atoms with Gasteiger partial charge >= 0.3 is 0 Å². The number of hydrogen-bond acceptors (Lipinski definition) is 3. The first kappa shape index (κ1) is 15.4. The van der Waals surface area contributed by atoms with Crippen molar-refractivity contribution in [3.8, 4) is 0 Å². The number of hydrogen-bond donors (Lipinski definition) is 1. The van der Waals surface area contributed by atoms with E-state index in [2.05, 4.69) is 24.1 Å². The highest BCUT2D eigenvalue weighted by Crippen LogP contribution is 2.22. The molecule has 0 aromatic heterocycles. The highest BCUT2D eigenvalue weighted by Gasteiger charge is 2.32. The molecule has 0 aliphatic carbocycles. The van der Waals surface area contributed by atoms with E-state index in [1.807, 2.05) is 21.0 Å². The summed E-state index contributed by atoms with van der Waals surface area (Å²) in [4.78, 5) is 16.0. The number of piperidine rings is 1. The van der Waals surface area contributed by atoms with E-state index < -0.39 is 0 Å². The van der Waals surface area contributed by atoms with E-state index in [4.69, 9.17) is 0 Å². The van der Waals surface area contributed by atoms with Gasteiger partial charge in [-0.2, -0.15) is 0 Å². The molecule has 4 heteroatoms. The van der Waals surface area contributed by atoms with Crippen LogP contribution in [0.4, 0.5) is 0 Å². The highest BCUT2D eigenvalue weighted by molar-refractivity contribution is 5.80. The summed E-state index contributed by atoms with van der Waals surface area (Å²) < 4.78 is 0. The van der Waals surface area contributed by atoms with E-state index in [-0.39, 0.29) is 11.9 Å². The van der Waals surface area contributed by atoms with Crippen LogP contribution in [0.3, 0.4) is 0 Å². The van der Waals surface area contributed by atoms with Gasteiger partial charge in [0, 0.05) is 33.2 Å². The van der Waals surface area contributed by atoms with Gasteiger partial charge in [-0.05, 0) is 25.8 Å². The third-order valence-corrected chi connectivity index (χ3v) is 4.10. The minimum atomic E-state index is 0.0108. The van der Waals surface area contributed by atoms with Crippen molar-refractivity contribution < 1.29 is 4.79 Å². The van der Waals surface area contributed by atoms with Crippen molar-refractivity contribution >= 4 is 5.91 Å². The zero-order valence-corrected chi connectivity index (χ0v) is 12.6. The number of nitrogens with zero attached hydrogens (tertiary/aromatic N) is 2. The Kier molecular flexibility index (Phi) is 6.09. The second-order valence-electron chi connectivity index (χ2n) is 5.52.